The molecule has 12 heavy (non-hydrogen) atoms. The predicted octanol–water partition coefficient (Wildman–Crippen LogP) is 2.37. The van der Waals surface area contributed by atoms with Crippen LogP contribution in [0.3, 0.4) is 0 Å². The SMILES string of the molecule is COc1ccc(I)c(CC#N)c1. The first kappa shape index (κ1) is 9.33. The fraction of sp³-hybridized carbons (Fsp3) is 0.222. The maximum atomic E-state index is 8.51. The zero-order valence-electron chi connectivity index (χ0n) is 6.67. The highest BCUT2D eigenvalue weighted by Gasteiger charge is 2.00. The number of nitriles is 1. The second kappa shape index (κ2) is 4.31. The van der Waals surface area contributed by atoms with Crippen LogP contribution in [0.4, 0.5) is 0 Å². The van der Waals surface area contributed by atoms with E-state index in [1.807, 2.05) is 18.2 Å². The fourth-order valence-corrected chi connectivity index (χ4v) is 1.42. The molecule has 0 N–H and O–H groups in total. The van der Waals surface area contributed by atoms with Gasteiger partial charge in [0, 0.05) is 3.57 Å². The number of methoxy groups -OCH3 is 1. The van der Waals surface area contributed by atoms with Crippen LogP contribution in [0.5, 0.6) is 5.75 Å². The van der Waals surface area contributed by atoms with E-state index in [1.165, 1.54) is 0 Å². The van der Waals surface area contributed by atoms with Crippen molar-refractivity contribution in [2.45, 2.75) is 6.42 Å². The van der Waals surface area contributed by atoms with Crippen LogP contribution in [-0.4, -0.2) is 7.11 Å². The standard InChI is InChI=1S/C9H8INO/c1-12-8-2-3-9(10)7(6-8)4-5-11/h2-3,6H,4H2,1H3. The Hall–Kier alpha value is -0.760. The van der Waals surface area contributed by atoms with Gasteiger partial charge in [0.2, 0.25) is 0 Å². The van der Waals surface area contributed by atoms with Gasteiger partial charge in [-0.05, 0) is 46.4 Å². The zero-order valence-corrected chi connectivity index (χ0v) is 8.83. The minimum absolute atomic E-state index is 0.440. The Kier molecular flexibility index (Phi) is 3.35. The number of nitrogens with zero attached hydrogens (tertiary/aromatic N) is 1. The first-order chi connectivity index (χ1) is 5.77. The molecule has 0 fully saturated rings. The highest BCUT2D eigenvalue weighted by atomic mass is 127. The van der Waals surface area contributed by atoms with Crippen LogP contribution in [0.2, 0.25) is 0 Å². The monoisotopic (exact) mass is 273 g/mol. The Morgan fingerprint density at radius 3 is 2.92 bits per heavy atom. The van der Waals surface area contributed by atoms with Gasteiger partial charge in [0.15, 0.2) is 0 Å². The molecule has 0 aliphatic rings. The van der Waals surface area contributed by atoms with Gasteiger partial charge in [-0.1, -0.05) is 0 Å². The van der Waals surface area contributed by atoms with Crippen molar-refractivity contribution in [1.82, 2.24) is 0 Å². The summed E-state index contributed by atoms with van der Waals surface area (Å²) in [4.78, 5) is 0. The van der Waals surface area contributed by atoms with Crippen LogP contribution in [0.1, 0.15) is 5.56 Å². The smallest absolute Gasteiger partial charge is 0.119 e. The molecule has 0 atom stereocenters. The first-order valence-electron chi connectivity index (χ1n) is 3.47. The molecule has 0 amide bonds. The van der Waals surface area contributed by atoms with Gasteiger partial charge >= 0.3 is 0 Å². The van der Waals surface area contributed by atoms with E-state index in [2.05, 4.69) is 28.7 Å². The Balaban J connectivity index is 3.01. The molecule has 0 radical (unpaired) electrons. The van der Waals surface area contributed by atoms with Gasteiger partial charge in [0.1, 0.15) is 5.75 Å². The summed E-state index contributed by atoms with van der Waals surface area (Å²) in [5, 5.41) is 8.51. The number of hydrogen-bond donors (Lipinski definition) is 0. The molecule has 0 aliphatic carbocycles. The molecule has 0 saturated heterocycles. The van der Waals surface area contributed by atoms with E-state index in [0.717, 1.165) is 14.9 Å². The van der Waals surface area contributed by atoms with Gasteiger partial charge < -0.3 is 4.74 Å². The van der Waals surface area contributed by atoms with Crippen molar-refractivity contribution in [1.29, 1.82) is 5.26 Å². The van der Waals surface area contributed by atoms with E-state index in [9.17, 15) is 0 Å². The largest absolute Gasteiger partial charge is 0.497 e. The normalized spacial score (nSPS) is 9.08. The van der Waals surface area contributed by atoms with Crippen LogP contribution in [0.25, 0.3) is 0 Å². The molecule has 1 aromatic carbocycles. The van der Waals surface area contributed by atoms with Gasteiger partial charge in [0.25, 0.3) is 0 Å². The lowest BCUT2D eigenvalue weighted by atomic mass is 10.1. The van der Waals surface area contributed by atoms with E-state index in [0.29, 0.717) is 6.42 Å². The van der Waals surface area contributed by atoms with Gasteiger partial charge in [-0.15, -0.1) is 0 Å². The van der Waals surface area contributed by atoms with Gasteiger partial charge in [-0.25, -0.2) is 0 Å². The summed E-state index contributed by atoms with van der Waals surface area (Å²) in [5.74, 6) is 0.806. The van der Waals surface area contributed by atoms with Gasteiger partial charge in [-0.2, -0.15) is 5.26 Å². The van der Waals surface area contributed by atoms with Crippen LogP contribution in [-0.2, 0) is 6.42 Å². The minimum Gasteiger partial charge on any atom is -0.497 e. The number of benzene rings is 1. The summed E-state index contributed by atoms with van der Waals surface area (Å²) in [6, 6.07) is 7.85. The van der Waals surface area contributed by atoms with E-state index in [1.54, 1.807) is 7.11 Å². The molecule has 1 rings (SSSR count). The Bertz CT molecular complexity index is 317. The summed E-state index contributed by atoms with van der Waals surface area (Å²) in [7, 11) is 1.62. The van der Waals surface area contributed by atoms with Crippen molar-refractivity contribution in [3.8, 4) is 11.8 Å². The summed E-state index contributed by atoms with van der Waals surface area (Å²) >= 11 is 2.21. The Morgan fingerprint density at radius 1 is 1.58 bits per heavy atom. The summed E-state index contributed by atoms with van der Waals surface area (Å²) < 4.78 is 6.15. The number of halogens is 1. The van der Waals surface area contributed by atoms with Crippen molar-refractivity contribution in [3.05, 3.63) is 27.3 Å². The minimum atomic E-state index is 0.440. The average Bonchev–Trinajstić information content (AvgIpc) is 2.09. The van der Waals surface area contributed by atoms with Crippen LogP contribution < -0.4 is 4.74 Å². The van der Waals surface area contributed by atoms with Crippen molar-refractivity contribution in [2.24, 2.45) is 0 Å². The van der Waals surface area contributed by atoms with E-state index in [4.69, 9.17) is 10.00 Å². The molecule has 2 nitrogen and oxygen atoms in total. The molecule has 0 aromatic heterocycles. The van der Waals surface area contributed by atoms with E-state index in [-0.39, 0.29) is 0 Å². The van der Waals surface area contributed by atoms with Gasteiger partial charge in [0.05, 0.1) is 19.6 Å². The predicted molar refractivity (Wildman–Crippen MR) is 55.0 cm³/mol. The van der Waals surface area contributed by atoms with Crippen molar-refractivity contribution in [2.75, 3.05) is 7.11 Å². The third-order valence-corrected chi connectivity index (χ3v) is 2.57. The fourth-order valence-electron chi connectivity index (χ4n) is 0.899. The molecule has 0 saturated carbocycles. The summed E-state index contributed by atoms with van der Waals surface area (Å²) in [5.41, 5.74) is 1.03. The lowest BCUT2D eigenvalue weighted by Gasteiger charge is -2.03. The molecule has 0 spiro atoms. The van der Waals surface area contributed by atoms with E-state index < -0.39 is 0 Å². The number of ether oxygens (including phenoxy) is 1. The topological polar surface area (TPSA) is 33.0 Å². The quantitative estimate of drug-likeness (QED) is 0.775. The highest BCUT2D eigenvalue weighted by molar-refractivity contribution is 14.1. The average molecular weight is 273 g/mol. The molecule has 0 heterocycles. The maximum absolute atomic E-state index is 8.51. The van der Waals surface area contributed by atoms with Crippen LogP contribution in [0, 0.1) is 14.9 Å². The first-order valence-corrected chi connectivity index (χ1v) is 4.55. The maximum Gasteiger partial charge on any atom is 0.119 e. The second-order valence-corrected chi connectivity index (χ2v) is 3.45. The molecule has 0 unspecified atom stereocenters. The van der Waals surface area contributed by atoms with E-state index >= 15 is 0 Å². The number of hydrogen-bond acceptors (Lipinski definition) is 2. The lowest BCUT2D eigenvalue weighted by Crippen LogP contribution is -1.89. The third-order valence-electron chi connectivity index (χ3n) is 1.52. The zero-order chi connectivity index (χ0) is 8.97. The number of rotatable bonds is 2. The molecule has 0 aliphatic heterocycles. The third kappa shape index (κ3) is 2.11. The molecule has 0 bridgehead atoms. The van der Waals surface area contributed by atoms with Crippen molar-refractivity contribution >= 4 is 22.6 Å². The Morgan fingerprint density at radius 2 is 2.33 bits per heavy atom. The van der Waals surface area contributed by atoms with Crippen molar-refractivity contribution in [3.63, 3.8) is 0 Å². The molecule has 3 heteroatoms. The molecule has 62 valence electrons. The Labute approximate surface area is 85.3 Å². The summed E-state index contributed by atoms with van der Waals surface area (Å²) in [6.45, 7) is 0. The van der Waals surface area contributed by atoms with Crippen molar-refractivity contribution < 1.29 is 4.74 Å². The summed E-state index contributed by atoms with van der Waals surface area (Å²) in [6.07, 6.45) is 0.440. The molecule has 1 aromatic rings. The van der Waals surface area contributed by atoms with Crippen LogP contribution >= 0.6 is 22.6 Å². The highest BCUT2D eigenvalue weighted by Crippen LogP contribution is 2.19. The lowest BCUT2D eigenvalue weighted by molar-refractivity contribution is 0.414. The molecular weight excluding hydrogens is 265 g/mol. The molecular formula is C9H8INO. The van der Waals surface area contributed by atoms with Crippen LogP contribution in [0.15, 0.2) is 18.2 Å². The van der Waals surface area contributed by atoms with Gasteiger partial charge in [-0.3, -0.25) is 0 Å². The second-order valence-electron chi connectivity index (χ2n) is 2.29.